The molecule has 2 aromatic carbocycles. The van der Waals surface area contributed by atoms with Crippen molar-refractivity contribution >= 4 is 11.4 Å². The van der Waals surface area contributed by atoms with Crippen molar-refractivity contribution in [1.82, 2.24) is 0 Å². The van der Waals surface area contributed by atoms with E-state index in [0.717, 1.165) is 12.1 Å². The Morgan fingerprint density at radius 2 is 1.46 bits per heavy atom. The second-order valence-corrected chi connectivity index (χ2v) is 7.96. The number of hydrogen-bond donors (Lipinski definition) is 1. The molecule has 0 unspecified atom stereocenters. The van der Waals surface area contributed by atoms with Crippen LogP contribution in [-0.2, 0) is 9.53 Å². The maximum Gasteiger partial charge on any atom is 0.198 e. The highest BCUT2D eigenvalue weighted by Gasteiger charge is 2.47. The van der Waals surface area contributed by atoms with Crippen molar-refractivity contribution in [1.29, 1.82) is 0 Å². The predicted octanol–water partition coefficient (Wildman–Crippen LogP) is 5.50. The lowest BCUT2D eigenvalue weighted by atomic mass is 9.81. The maximum atomic E-state index is 13.7. The van der Waals surface area contributed by atoms with E-state index in [1.165, 1.54) is 0 Å². The minimum Gasteiger partial charge on any atom is -0.508 e. The predicted molar refractivity (Wildman–Crippen MR) is 100 cm³/mol. The number of aliphatic hydroxyl groups is 1. The van der Waals surface area contributed by atoms with E-state index < -0.39 is 34.4 Å². The van der Waals surface area contributed by atoms with Gasteiger partial charge in [0.2, 0.25) is 0 Å². The number of ether oxygens (including phenoxy) is 1. The molecule has 0 fully saturated rings. The van der Waals surface area contributed by atoms with Crippen LogP contribution in [0.2, 0.25) is 0 Å². The molecule has 3 rings (SSSR count). The van der Waals surface area contributed by atoms with Gasteiger partial charge < -0.3 is 9.84 Å². The van der Waals surface area contributed by atoms with Crippen molar-refractivity contribution in [2.75, 3.05) is 0 Å². The van der Waals surface area contributed by atoms with Crippen molar-refractivity contribution in [2.45, 2.75) is 45.8 Å². The normalized spacial score (nSPS) is 18.5. The number of rotatable bonds is 2. The lowest BCUT2D eigenvalue weighted by Crippen LogP contribution is -2.49. The van der Waals surface area contributed by atoms with Gasteiger partial charge in [-0.15, -0.1) is 0 Å². The molecule has 1 heterocycles. The van der Waals surface area contributed by atoms with Crippen LogP contribution in [0.5, 0.6) is 0 Å². The number of ketones is 1. The first-order chi connectivity index (χ1) is 12.8. The Labute approximate surface area is 161 Å². The van der Waals surface area contributed by atoms with Gasteiger partial charge in [-0.2, -0.15) is 0 Å². The molecule has 0 aromatic heterocycles. The summed E-state index contributed by atoms with van der Waals surface area (Å²) in [4.78, 5) is 13.0. The Bertz CT molecular complexity index is 997. The van der Waals surface area contributed by atoms with E-state index in [1.54, 1.807) is 52.8 Å². The van der Waals surface area contributed by atoms with Gasteiger partial charge in [0.15, 0.2) is 23.2 Å². The van der Waals surface area contributed by atoms with E-state index in [9.17, 15) is 23.1 Å². The molecule has 2 aromatic rings. The van der Waals surface area contributed by atoms with Crippen LogP contribution in [0.15, 0.2) is 36.1 Å². The summed E-state index contributed by atoms with van der Waals surface area (Å²) in [6.07, 6.45) is 0. The Morgan fingerprint density at radius 1 is 0.893 bits per heavy atom. The fourth-order valence-corrected chi connectivity index (χ4v) is 3.49. The van der Waals surface area contributed by atoms with Crippen LogP contribution in [0.3, 0.4) is 0 Å². The zero-order chi connectivity index (χ0) is 21.0. The minimum atomic E-state index is -1.54. The van der Waals surface area contributed by atoms with Crippen LogP contribution in [0.4, 0.5) is 13.2 Å². The van der Waals surface area contributed by atoms with Crippen molar-refractivity contribution in [3.05, 3.63) is 64.7 Å². The molecule has 148 valence electrons. The molecule has 1 aliphatic rings. The number of carbonyl (C=O) groups is 1. The van der Waals surface area contributed by atoms with Crippen LogP contribution in [-0.4, -0.2) is 22.1 Å². The van der Waals surface area contributed by atoms with Crippen LogP contribution < -0.4 is 0 Å². The molecule has 0 bridgehead atoms. The Hall–Kier alpha value is -2.60. The minimum absolute atomic E-state index is 0.101. The van der Waals surface area contributed by atoms with E-state index in [2.05, 4.69) is 0 Å². The third-order valence-corrected chi connectivity index (χ3v) is 4.92. The van der Waals surface area contributed by atoms with Gasteiger partial charge in [0.1, 0.15) is 17.0 Å². The Kier molecular flexibility index (Phi) is 4.66. The van der Waals surface area contributed by atoms with Crippen molar-refractivity contribution in [3.8, 4) is 11.1 Å². The summed E-state index contributed by atoms with van der Waals surface area (Å²) in [6, 6.07) is 6.62. The molecule has 0 aliphatic carbocycles. The van der Waals surface area contributed by atoms with Gasteiger partial charge in [0.05, 0.1) is 5.57 Å². The quantitative estimate of drug-likeness (QED) is 0.689. The number of aryl methyl sites for hydroxylation is 1. The number of Topliss-reactive ketones (excluding diaryl/α,β-unsaturated/α-hetero) is 1. The average Bonchev–Trinajstić information content (AvgIpc) is 2.58. The standard InChI is InChI=1S/C22H21F3O3/c1-11-6-7-12(13-9-15(23)18(25)16(24)10-13)8-14(11)17-19(26)21(2,3)28-22(4,5)20(17)27/h6-10,26H,1-5H3. The average molecular weight is 390 g/mol. The van der Waals surface area contributed by atoms with Crippen LogP contribution >= 0.6 is 0 Å². The van der Waals surface area contributed by atoms with Crippen LogP contribution in [0.25, 0.3) is 16.7 Å². The van der Waals surface area contributed by atoms with Gasteiger partial charge in [0, 0.05) is 0 Å². The largest absolute Gasteiger partial charge is 0.508 e. The summed E-state index contributed by atoms with van der Waals surface area (Å²) in [5, 5.41) is 10.7. The summed E-state index contributed by atoms with van der Waals surface area (Å²) in [7, 11) is 0. The van der Waals surface area contributed by atoms with Crippen molar-refractivity contribution < 1.29 is 27.8 Å². The highest BCUT2D eigenvalue weighted by Crippen LogP contribution is 2.41. The van der Waals surface area contributed by atoms with Crippen molar-refractivity contribution in [3.63, 3.8) is 0 Å². The Balaban J connectivity index is 2.24. The summed E-state index contributed by atoms with van der Waals surface area (Å²) in [5.74, 6) is -4.76. The van der Waals surface area contributed by atoms with Crippen LogP contribution in [0.1, 0.15) is 38.8 Å². The number of hydrogen-bond acceptors (Lipinski definition) is 3. The number of aliphatic hydroxyl groups excluding tert-OH is 1. The second kappa shape index (κ2) is 6.48. The molecule has 0 saturated carbocycles. The molecular formula is C22H21F3O3. The first kappa shape index (κ1) is 20.1. The maximum absolute atomic E-state index is 13.7. The zero-order valence-corrected chi connectivity index (χ0v) is 16.3. The third kappa shape index (κ3) is 3.22. The SMILES string of the molecule is Cc1ccc(-c2cc(F)c(F)c(F)c2)cc1C1=C(O)C(C)(C)OC(C)(C)C1=O. The van der Waals surface area contributed by atoms with E-state index >= 15 is 0 Å². The Morgan fingerprint density at radius 3 is 2.04 bits per heavy atom. The van der Waals surface area contributed by atoms with Gasteiger partial charge in [-0.3, -0.25) is 4.79 Å². The molecule has 28 heavy (non-hydrogen) atoms. The first-order valence-corrected chi connectivity index (χ1v) is 8.80. The highest BCUT2D eigenvalue weighted by molar-refractivity contribution is 6.26. The second-order valence-electron chi connectivity index (χ2n) is 7.96. The highest BCUT2D eigenvalue weighted by atomic mass is 19.2. The molecule has 0 spiro atoms. The number of benzene rings is 2. The summed E-state index contributed by atoms with van der Waals surface area (Å²) in [6.45, 7) is 8.30. The van der Waals surface area contributed by atoms with E-state index in [-0.39, 0.29) is 16.9 Å². The molecule has 0 saturated heterocycles. The molecule has 0 amide bonds. The third-order valence-electron chi connectivity index (χ3n) is 4.92. The molecular weight excluding hydrogens is 369 g/mol. The van der Waals surface area contributed by atoms with Gasteiger partial charge >= 0.3 is 0 Å². The van der Waals surface area contributed by atoms with E-state index in [1.807, 2.05) is 0 Å². The fourth-order valence-electron chi connectivity index (χ4n) is 3.49. The molecule has 0 radical (unpaired) electrons. The summed E-state index contributed by atoms with van der Waals surface area (Å²) in [5.41, 5.74) is -0.539. The molecule has 6 heteroatoms. The molecule has 0 atom stereocenters. The lowest BCUT2D eigenvalue weighted by molar-refractivity contribution is -0.158. The fraction of sp³-hybridized carbons (Fsp3) is 0.318. The van der Waals surface area contributed by atoms with Crippen molar-refractivity contribution in [2.24, 2.45) is 0 Å². The van der Waals surface area contributed by atoms with Gasteiger partial charge in [-0.25, -0.2) is 13.2 Å². The monoisotopic (exact) mass is 390 g/mol. The molecule has 3 nitrogen and oxygen atoms in total. The summed E-state index contributed by atoms with van der Waals surface area (Å²) >= 11 is 0. The lowest BCUT2D eigenvalue weighted by Gasteiger charge is -2.40. The smallest absolute Gasteiger partial charge is 0.198 e. The van der Waals surface area contributed by atoms with E-state index in [4.69, 9.17) is 4.74 Å². The van der Waals surface area contributed by atoms with Crippen LogP contribution in [0, 0.1) is 24.4 Å². The molecule has 1 N–H and O–H groups in total. The summed E-state index contributed by atoms with van der Waals surface area (Å²) < 4.78 is 46.3. The topological polar surface area (TPSA) is 46.5 Å². The first-order valence-electron chi connectivity index (χ1n) is 8.80. The van der Waals surface area contributed by atoms with Gasteiger partial charge in [-0.05, 0) is 75.1 Å². The number of halogens is 3. The zero-order valence-electron chi connectivity index (χ0n) is 16.3. The van der Waals surface area contributed by atoms with Gasteiger partial charge in [-0.1, -0.05) is 12.1 Å². The van der Waals surface area contributed by atoms with Gasteiger partial charge in [0.25, 0.3) is 0 Å². The molecule has 1 aliphatic heterocycles. The van der Waals surface area contributed by atoms with E-state index in [0.29, 0.717) is 16.7 Å². The number of carbonyl (C=O) groups excluding carboxylic acids is 1.